The summed E-state index contributed by atoms with van der Waals surface area (Å²) in [7, 11) is 0. The molecule has 3 rings (SSSR count). The molecule has 3 aromatic rings. The van der Waals surface area contributed by atoms with E-state index in [1.54, 1.807) is 4.68 Å². The van der Waals surface area contributed by atoms with Gasteiger partial charge in [0.15, 0.2) is 0 Å². The standard InChI is InChI=1S/C14H15N5O2/c20-8-4-7-12-9-19(18-16-12)10-13-15-14(17-21-13)11-5-2-1-3-6-11/h1-3,5-6,9,20H,4,7-8,10H2. The smallest absolute Gasteiger partial charge is 0.248 e. The van der Waals surface area contributed by atoms with Crippen molar-refractivity contribution in [1.29, 1.82) is 0 Å². The predicted octanol–water partition coefficient (Wildman–Crippen LogP) is 1.30. The Kier molecular flexibility index (Phi) is 4.02. The molecule has 0 aliphatic heterocycles. The van der Waals surface area contributed by atoms with Crippen LogP contribution in [0.4, 0.5) is 0 Å². The third kappa shape index (κ3) is 3.32. The van der Waals surface area contributed by atoms with E-state index in [9.17, 15) is 0 Å². The molecular formula is C14H15N5O2. The zero-order valence-electron chi connectivity index (χ0n) is 11.4. The number of benzene rings is 1. The zero-order valence-corrected chi connectivity index (χ0v) is 11.4. The largest absolute Gasteiger partial charge is 0.396 e. The van der Waals surface area contributed by atoms with Crippen LogP contribution in [0.3, 0.4) is 0 Å². The summed E-state index contributed by atoms with van der Waals surface area (Å²) in [4.78, 5) is 4.34. The molecule has 0 atom stereocenters. The van der Waals surface area contributed by atoms with Gasteiger partial charge in [0.05, 0.1) is 5.69 Å². The summed E-state index contributed by atoms with van der Waals surface area (Å²) in [5.74, 6) is 1.04. The van der Waals surface area contributed by atoms with Gasteiger partial charge in [-0.05, 0) is 12.8 Å². The Morgan fingerprint density at radius 3 is 2.86 bits per heavy atom. The summed E-state index contributed by atoms with van der Waals surface area (Å²) in [5, 5.41) is 20.8. The van der Waals surface area contributed by atoms with Crippen molar-refractivity contribution >= 4 is 0 Å². The number of rotatable bonds is 6. The number of aliphatic hydroxyl groups is 1. The van der Waals surface area contributed by atoms with E-state index in [0.29, 0.717) is 31.1 Å². The van der Waals surface area contributed by atoms with Gasteiger partial charge in [-0.15, -0.1) is 5.10 Å². The number of aliphatic hydroxyl groups excluding tert-OH is 1. The Labute approximate surface area is 121 Å². The summed E-state index contributed by atoms with van der Waals surface area (Å²) >= 11 is 0. The molecule has 1 aromatic carbocycles. The minimum absolute atomic E-state index is 0.150. The molecule has 0 saturated carbocycles. The SMILES string of the molecule is OCCCc1cn(Cc2nc(-c3ccccc3)no2)nn1. The number of nitrogens with zero attached hydrogens (tertiary/aromatic N) is 5. The molecule has 21 heavy (non-hydrogen) atoms. The first kappa shape index (κ1) is 13.4. The lowest BCUT2D eigenvalue weighted by Crippen LogP contribution is -2.00. The van der Waals surface area contributed by atoms with Gasteiger partial charge in [-0.3, -0.25) is 0 Å². The van der Waals surface area contributed by atoms with Crippen LogP contribution in [0.1, 0.15) is 18.0 Å². The Hall–Kier alpha value is -2.54. The fourth-order valence-electron chi connectivity index (χ4n) is 1.95. The maximum atomic E-state index is 8.79. The zero-order chi connectivity index (χ0) is 14.5. The van der Waals surface area contributed by atoms with Gasteiger partial charge in [0.1, 0.15) is 6.54 Å². The molecule has 2 heterocycles. The van der Waals surface area contributed by atoms with E-state index < -0.39 is 0 Å². The molecule has 108 valence electrons. The lowest BCUT2D eigenvalue weighted by Gasteiger charge is -1.93. The molecule has 0 unspecified atom stereocenters. The molecular weight excluding hydrogens is 270 g/mol. The molecule has 0 fully saturated rings. The van der Waals surface area contributed by atoms with Crippen LogP contribution in [0.5, 0.6) is 0 Å². The minimum atomic E-state index is 0.150. The first-order chi connectivity index (χ1) is 10.3. The van der Waals surface area contributed by atoms with E-state index in [4.69, 9.17) is 9.63 Å². The van der Waals surface area contributed by atoms with E-state index in [1.807, 2.05) is 36.5 Å². The Morgan fingerprint density at radius 1 is 1.19 bits per heavy atom. The third-order valence-corrected chi connectivity index (χ3v) is 2.97. The second-order valence-electron chi connectivity index (χ2n) is 4.61. The van der Waals surface area contributed by atoms with Gasteiger partial charge >= 0.3 is 0 Å². The fraction of sp³-hybridized carbons (Fsp3) is 0.286. The van der Waals surface area contributed by atoms with Crippen molar-refractivity contribution in [2.45, 2.75) is 19.4 Å². The highest BCUT2D eigenvalue weighted by Crippen LogP contribution is 2.15. The van der Waals surface area contributed by atoms with Gasteiger partial charge in [0.25, 0.3) is 0 Å². The van der Waals surface area contributed by atoms with Crippen molar-refractivity contribution < 1.29 is 9.63 Å². The van der Waals surface area contributed by atoms with Crippen molar-refractivity contribution in [2.24, 2.45) is 0 Å². The highest BCUT2D eigenvalue weighted by molar-refractivity contribution is 5.53. The maximum Gasteiger partial charge on any atom is 0.248 e. The first-order valence-electron chi connectivity index (χ1n) is 6.73. The molecule has 0 saturated heterocycles. The molecule has 0 aliphatic carbocycles. The van der Waals surface area contributed by atoms with Crippen LogP contribution in [0.2, 0.25) is 0 Å². The highest BCUT2D eigenvalue weighted by atomic mass is 16.5. The Bertz CT molecular complexity index is 692. The van der Waals surface area contributed by atoms with Crippen LogP contribution < -0.4 is 0 Å². The number of hydrogen-bond donors (Lipinski definition) is 1. The van der Waals surface area contributed by atoms with Crippen LogP contribution in [0.25, 0.3) is 11.4 Å². The van der Waals surface area contributed by atoms with Gasteiger partial charge in [-0.2, -0.15) is 4.98 Å². The molecule has 0 amide bonds. The first-order valence-corrected chi connectivity index (χ1v) is 6.73. The molecule has 2 aromatic heterocycles. The average molecular weight is 285 g/mol. The quantitative estimate of drug-likeness (QED) is 0.734. The van der Waals surface area contributed by atoms with Crippen molar-refractivity contribution in [3.8, 4) is 11.4 Å². The fourth-order valence-corrected chi connectivity index (χ4v) is 1.95. The van der Waals surface area contributed by atoms with Gasteiger partial charge in [-0.25, -0.2) is 4.68 Å². The molecule has 0 aliphatic rings. The second kappa shape index (κ2) is 6.27. The maximum absolute atomic E-state index is 8.79. The third-order valence-electron chi connectivity index (χ3n) is 2.97. The summed E-state index contributed by atoms with van der Waals surface area (Å²) in [6, 6.07) is 9.65. The Morgan fingerprint density at radius 2 is 2.05 bits per heavy atom. The lowest BCUT2D eigenvalue weighted by molar-refractivity contribution is 0.288. The molecule has 0 spiro atoms. The van der Waals surface area contributed by atoms with Crippen molar-refractivity contribution in [1.82, 2.24) is 25.1 Å². The Balaban J connectivity index is 1.68. The van der Waals surface area contributed by atoms with Crippen LogP contribution in [0.15, 0.2) is 41.1 Å². The van der Waals surface area contributed by atoms with Gasteiger partial charge in [0.2, 0.25) is 11.7 Å². The van der Waals surface area contributed by atoms with E-state index in [2.05, 4.69) is 20.5 Å². The van der Waals surface area contributed by atoms with Crippen molar-refractivity contribution in [3.05, 3.63) is 48.1 Å². The molecule has 1 N–H and O–H groups in total. The van der Waals surface area contributed by atoms with Crippen LogP contribution >= 0.6 is 0 Å². The molecule has 7 heteroatoms. The topological polar surface area (TPSA) is 89.9 Å². The van der Waals surface area contributed by atoms with Gasteiger partial charge in [0, 0.05) is 18.4 Å². The highest BCUT2D eigenvalue weighted by Gasteiger charge is 2.10. The van der Waals surface area contributed by atoms with Gasteiger partial charge < -0.3 is 9.63 Å². The summed E-state index contributed by atoms with van der Waals surface area (Å²) in [5.41, 5.74) is 1.75. The monoisotopic (exact) mass is 285 g/mol. The summed E-state index contributed by atoms with van der Waals surface area (Å²) in [6.07, 6.45) is 3.20. The lowest BCUT2D eigenvalue weighted by atomic mass is 10.2. The van der Waals surface area contributed by atoms with E-state index in [0.717, 1.165) is 11.3 Å². The van der Waals surface area contributed by atoms with E-state index >= 15 is 0 Å². The minimum Gasteiger partial charge on any atom is -0.396 e. The van der Waals surface area contributed by atoms with E-state index in [-0.39, 0.29) is 6.61 Å². The molecule has 0 bridgehead atoms. The van der Waals surface area contributed by atoms with Gasteiger partial charge in [-0.1, -0.05) is 40.7 Å². The second-order valence-corrected chi connectivity index (χ2v) is 4.61. The average Bonchev–Trinajstić information content (AvgIpc) is 3.16. The van der Waals surface area contributed by atoms with Crippen molar-refractivity contribution in [3.63, 3.8) is 0 Å². The van der Waals surface area contributed by atoms with Crippen LogP contribution in [-0.4, -0.2) is 36.8 Å². The number of aryl methyl sites for hydroxylation is 1. The van der Waals surface area contributed by atoms with Crippen LogP contribution in [0, 0.1) is 0 Å². The van der Waals surface area contributed by atoms with Crippen molar-refractivity contribution in [2.75, 3.05) is 6.61 Å². The van der Waals surface area contributed by atoms with E-state index in [1.165, 1.54) is 0 Å². The molecule has 0 radical (unpaired) electrons. The summed E-state index contributed by atoms with van der Waals surface area (Å²) in [6.45, 7) is 0.531. The number of hydrogen-bond acceptors (Lipinski definition) is 6. The summed E-state index contributed by atoms with van der Waals surface area (Å²) < 4.78 is 6.87. The molecule has 7 nitrogen and oxygen atoms in total. The van der Waals surface area contributed by atoms with Crippen LogP contribution in [-0.2, 0) is 13.0 Å². The number of aromatic nitrogens is 5. The normalized spacial score (nSPS) is 10.9. The predicted molar refractivity (Wildman–Crippen MR) is 74.3 cm³/mol.